The summed E-state index contributed by atoms with van der Waals surface area (Å²) in [4.78, 5) is 11.0. The lowest BCUT2D eigenvalue weighted by atomic mass is 9.55. The largest absolute Gasteiger partial charge is 0.409 e. The maximum atomic E-state index is 11.8. The van der Waals surface area contributed by atoms with Gasteiger partial charge in [-0.3, -0.25) is 4.79 Å². The van der Waals surface area contributed by atoms with Crippen molar-refractivity contribution in [2.45, 2.75) is 58.3 Å². The van der Waals surface area contributed by atoms with Crippen molar-refractivity contribution < 1.29 is 17.4 Å². The van der Waals surface area contributed by atoms with Crippen molar-refractivity contribution >= 4 is 16.2 Å². The quantitative estimate of drug-likeness (QED) is 0.797. The summed E-state index contributed by atoms with van der Waals surface area (Å²) in [7, 11) is -4.12. The van der Waals surface area contributed by atoms with Crippen molar-refractivity contribution in [3.8, 4) is 5.75 Å². The number of aryl methyl sites for hydroxylation is 1. The maximum absolute atomic E-state index is 11.8. The fourth-order valence-corrected chi connectivity index (χ4v) is 6.64. The highest BCUT2D eigenvalue weighted by Gasteiger charge is 2.51. The van der Waals surface area contributed by atoms with Gasteiger partial charge in [0.15, 0.2) is 0 Å². The third-order valence-electron chi connectivity index (χ3n) is 6.91. The van der Waals surface area contributed by atoms with Crippen LogP contribution >= 0.6 is 0 Å². The Morgan fingerprint density at radius 1 is 1.26 bits per heavy atom. The number of allylic oxidation sites excluding steroid dienone is 1. The van der Waals surface area contributed by atoms with Gasteiger partial charge in [0, 0.05) is 6.92 Å². The van der Waals surface area contributed by atoms with Crippen LogP contribution in [0.2, 0.25) is 0 Å². The van der Waals surface area contributed by atoms with Gasteiger partial charge in [-0.05, 0) is 85.0 Å². The third-order valence-corrected chi connectivity index (χ3v) is 7.86. The molecule has 146 valence electrons. The number of nitrogens with one attached hydrogen (secondary N) is 1. The number of fused-ring (bicyclic) bond motifs is 5. The van der Waals surface area contributed by atoms with Crippen LogP contribution in [0.5, 0.6) is 5.75 Å². The van der Waals surface area contributed by atoms with Crippen molar-refractivity contribution in [1.82, 2.24) is 4.72 Å². The van der Waals surface area contributed by atoms with Gasteiger partial charge in [-0.2, -0.15) is 8.42 Å². The molecule has 4 rings (SSSR count). The topological polar surface area (TPSA) is 72.5 Å². The van der Waals surface area contributed by atoms with Crippen LogP contribution in [-0.2, 0) is 21.5 Å². The molecule has 0 bridgehead atoms. The Balaban J connectivity index is 1.59. The Kier molecular flexibility index (Phi) is 4.37. The Morgan fingerprint density at radius 3 is 2.78 bits per heavy atom. The van der Waals surface area contributed by atoms with E-state index in [1.807, 2.05) is 16.9 Å². The first kappa shape index (κ1) is 18.5. The molecule has 2 saturated carbocycles. The van der Waals surface area contributed by atoms with Crippen molar-refractivity contribution in [2.24, 2.45) is 17.3 Å². The second-order valence-corrected chi connectivity index (χ2v) is 9.97. The molecule has 0 aliphatic heterocycles. The van der Waals surface area contributed by atoms with Crippen LogP contribution in [-0.4, -0.2) is 14.3 Å². The van der Waals surface area contributed by atoms with Crippen LogP contribution in [0.1, 0.15) is 63.0 Å². The van der Waals surface area contributed by atoms with Crippen molar-refractivity contribution in [3.63, 3.8) is 0 Å². The van der Waals surface area contributed by atoms with Gasteiger partial charge in [0.2, 0.25) is 5.91 Å². The Bertz CT molecular complexity index is 907. The fourth-order valence-electron chi connectivity index (χ4n) is 5.89. The minimum atomic E-state index is -4.12. The fraction of sp³-hybridized carbons (Fsp3) is 0.571. The normalized spacial score (nSPS) is 32.2. The van der Waals surface area contributed by atoms with Crippen LogP contribution in [0, 0.1) is 17.3 Å². The molecule has 1 N–H and O–H groups in total. The van der Waals surface area contributed by atoms with E-state index in [2.05, 4.69) is 13.5 Å². The smallest absolute Gasteiger partial charge is 0.367 e. The molecule has 1 amide bonds. The second kappa shape index (κ2) is 6.36. The van der Waals surface area contributed by atoms with E-state index in [1.54, 1.807) is 6.07 Å². The molecule has 0 aromatic heterocycles. The highest BCUT2D eigenvalue weighted by Crippen LogP contribution is 2.62. The van der Waals surface area contributed by atoms with Crippen molar-refractivity contribution in [1.29, 1.82) is 0 Å². The number of benzene rings is 1. The molecule has 3 aliphatic rings. The predicted molar refractivity (Wildman–Crippen MR) is 104 cm³/mol. The van der Waals surface area contributed by atoms with Gasteiger partial charge in [-0.15, -0.1) is 0 Å². The molecule has 27 heavy (non-hydrogen) atoms. The molecule has 4 atom stereocenters. The summed E-state index contributed by atoms with van der Waals surface area (Å²) >= 11 is 0. The van der Waals surface area contributed by atoms with Crippen LogP contribution < -0.4 is 8.91 Å². The maximum Gasteiger partial charge on any atom is 0.409 e. The zero-order valence-corrected chi connectivity index (χ0v) is 16.8. The van der Waals surface area contributed by atoms with E-state index in [0.29, 0.717) is 23.2 Å². The van der Waals surface area contributed by atoms with E-state index in [9.17, 15) is 13.2 Å². The summed E-state index contributed by atoms with van der Waals surface area (Å²) in [6, 6.07) is 5.55. The van der Waals surface area contributed by atoms with Gasteiger partial charge < -0.3 is 4.18 Å². The van der Waals surface area contributed by atoms with E-state index in [-0.39, 0.29) is 5.75 Å². The van der Waals surface area contributed by atoms with Gasteiger partial charge >= 0.3 is 10.3 Å². The zero-order valence-electron chi connectivity index (χ0n) is 16.0. The Morgan fingerprint density at radius 2 is 2.04 bits per heavy atom. The molecular formula is C21H27NO4S. The molecule has 0 heterocycles. The highest BCUT2D eigenvalue weighted by molar-refractivity contribution is 7.85. The number of hydrogen-bond donors (Lipinski definition) is 1. The molecule has 1 aromatic rings. The van der Waals surface area contributed by atoms with Crippen LogP contribution in [0.15, 0.2) is 30.4 Å². The Labute approximate surface area is 161 Å². The lowest BCUT2D eigenvalue weighted by Crippen LogP contribution is -2.40. The SMILES string of the molecule is C=C1CC[C@@]2(C)CC[C@@H]3c4ccc(OS(=O)(=O)NC(C)=O)cc4CC[C@H]3[C@H]12. The monoisotopic (exact) mass is 389 g/mol. The average Bonchev–Trinajstić information content (AvgIpc) is 2.88. The first-order valence-electron chi connectivity index (χ1n) is 9.72. The molecule has 3 aliphatic carbocycles. The summed E-state index contributed by atoms with van der Waals surface area (Å²) in [6.07, 6.45) is 6.87. The molecule has 0 radical (unpaired) electrons. The highest BCUT2D eigenvalue weighted by atomic mass is 32.2. The molecule has 0 spiro atoms. The summed E-state index contributed by atoms with van der Waals surface area (Å²) in [5, 5.41) is 0. The van der Waals surface area contributed by atoms with Gasteiger partial charge in [-0.1, -0.05) is 25.1 Å². The number of hydrogen-bond acceptors (Lipinski definition) is 4. The van der Waals surface area contributed by atoms with Crippen molar-refractivity contribution in [2.75, 3.05) is 0 Å². The van der Waals surface area contributed by atoms with Crippen molar-refractivity contribution in [3.05, 3.63) is 41.5 Å². The summed E-state index contributed by atoms with van der Waals surface area (Å²) in [6.45, 7) is 7.96. The lowest BCUT2D eigenvalue weighted by Gasteiger charge is -2.49. The third kappa shape index (κ3) is 3.28. The van der Waals surface area contributed by atoms with E-state index >= 15 is 0 Å². The number of carbonyl (C=O) groups is 1. The molecule has 5 nitrogen and oxygen atoms in total. The van der Waals surface area contributed by atoms with Crippen LogP contribution in [0.25, 0.3) is 0 Å². The predicted octanol–water partition coefficient (Wildman–Crippen LogP) is 3.86. The van der Waals surface area contributed by atoms with Crippen LogP contribution in [0.3, 0.4) is 0 Å². The lowest BCUT2D eigenvalue weighted by molar-refractivity contribution is -0.117. The summed E-state index contributed by atoms with van der Waals surface area (Å²) in [5.41, 5.74) is 4.33. The molecule has 0 unspecified atom stereocenters. The first-order chi connectivity index (χ1) is 12.7. The molecule has 6 heteroatoms. The van der Waals surface area contributed by atoms with Gasteiger partial charge in [-0.25, -0.2) is 4.72 Å². The number of rotatable bonds is 3. The second-order valence-electron chi connectivity index (χ2n) is 8.69. The van der Waals surface area contributed by atoms with Gasteiger partial charge in [0.1, 0.15) is 5.75 Å². The zero-order chi connectivity index (χ0) is 19.4. The average molecular weight is 390 g/mol. The standard InChI is InChI=1S/C21H27NO4S/c1-13-8-10-21(3)11-9-18-17-7-5-16(26-27(24,25)22-14(2)23)12-15(17)4-6-19(18)20(13)21/h5,7,12,18-20H,1,4,6,8-11H2,2-3H3,(H,22,23)/t18-,19-,20+,21+/m1/s1. The van der Waals surface area contributed by atoms with Crippen LogP contribution in [0.4, 0.5) is 0 Å². The van der Waals surface area contributed by atoms with E-state index in [1.165, 1.54) is 36.0 Å². The minimum absolute atomic E-state index is 0.256. The Hall–Kier alpha value is -1.82. The van der Waals surface area contributed by atoms with Gasteiger partial charge in [0.05, 0.1) is 0 Å². The molecule has 0 saturated heterocycles. The number of carbonyl (C=O) groups excluding carboxylic acids is 1. The van der Waals surface area contributed by atoms with E-state index < -0.39 is 16.2 Å². The molecule has 1 aromatic carbocycles. The van der Waals surface area contributed by atoms with E-state index in [0.717, 1.165) is 26.2 Å². The van der Waals surface area contributed by atoms with E-state index in [4.69, 9.17) is 4.18 Å². The molecular weight excluding hydrogens is 362 g/mol. The summed E-state index contributed by atoms with van der Waals surface area (Å²) in [5.74, 6) is 1.36. The number of amides is 1. The minimum Gasteiger partial charge on any atom is -0.367 e. The molecule has 2 fully saturated rings. The first-order valence-corrected chi connectivity index (χ1v) is 11.1. The summed E-state index contributed by atoms with van der Waals surface area (Å²) < 4.78 is 30.5. The van der Waals surface area contributed by atoms with Gasteiger partial charge in [0.25, 0.3) is 0 Å².